The van der Waals surface area contributed by atoms with Gasteiger partial charge in [-0.3, -0.25) is 14.9 Å². The highest BCUT2D eigenvalue weighted by Gasteiger charge is 2.13. The number of ether oxygens (including phenoxy) is 2. The van der Waals surface area contributed by atoms with Crippen molar-refractivity contribution in [1.82, 2.24) is 5.43 Å². The zero-order valence-electron chi connectivity index (χ0n) is 18.2. The first kappa shape index (κ1) is 24.4. The Bertz CT molecular complexity index is 1450. The van der Waals surface area contributed by atoms with Crippen molar-refractivity contribution in [2.24, 2.45) is 5.10 Å². The van der Waals surface area contributed by atoms with Crippen LogP contribution in [0.2, 0.25) is 0 Å². The molecular formula is C24H17Br2N3O6. The van der Waals surface area contributed by atoms with Crippen LogP contribution in [0.5, 0.6) is 11.5 Å². The van der Waals surface area contributed by atoms with Gasteiger partial charge in [-0.15, -0.1) is 0 Å². The summed E-state index contributed by atoms with van der Waals surface area (Å²) in [5.41, 5.74) is 4.29. The van der Waals surface area contributed by atoms with E-state index >= 15 is 0 Å². The number of benzene rings is 3. The number of carbonyl (C=O) groups is 1. The van der Waals surface area contributed by atoms with Gasteiger partial charge in [-0.1, -0.05) is 28.1 Å². The number of non-ortho nitro benzene ring substituents is 1. The Morgan fingerprint density at radius 1 is 1.14 bits per heavy atom. The largest absolute Gasteiger partial charge is 0.493 e. The molecule has 178 valence electrons. The van der Waals surface area contributed by atoms with Crippen molar-refractivity contribution in [2.45, 2.75) is 6.61 Å². The summed E-state index contributed by atoms with van der Waals surface area (Å²) >= 11 is 6.84. The number of rotatable bonds is 8. The standard InChI is InChI=1S/C24H17Br2N3O6/c1-33-21-10-16(12-27-28-24(30)23-9-15-8-17(25)5-6-20(15)35-23)19(26)11-22(21)34-13-14-3-2-4-18(7-14)29(31)32/h2-12H,13H2,1H3,(H,28,30)/b27-12+. The Morgan fingerprint density at radius 3 is 2.74 bits per heavy atom. The third kappa shape index (κ3) is 5.87. The minimum Gasteiger partial charge on any atom is -0.493 e. The number of hydrogen-bond donors (Lipinski definition) is 1. The molecule has 0 saturated heterocycles. The molecule has 0 fully saturated rings. The second-order valence-electron chi connectivity index (χ2n) is 7.23. The number of nitrogens with one attached hydrogen (secondary N) is 1. The van der Waals surface area contributed by atoms with Gasteiger partial charge in [0.2, 0.25) is 0 Å². The molecule has 4 rings (SSSR count). The minimum atomic E-state index is -0.492. The fourth-order valence-corrected chi connectivity index (χ4v) is 3.99. The van der Waals surface area contributed by atoms with Crippen LogP contribution >= 0.6 is 31.9 Å². The fraction of sp³-hybridized carbons (Fsp3) is 0.0833. The summed E-state index contributed by atoms with van der Waals surface area (Å²) in [6.07, 6.45) is 1.45. The molecule has 0 unspecified atom stereocenters. The van der Waals surface area contributed by atoms with E-state index in [9.17, 15) is 14.9 Å². The number of hydrazone groups is 1. The average Bonchev–Trinajstić information content (AvgIpc) is 3.27. The number of fused-ring (bicyclic) bond motifs is 1. The topological polar surface area (TPSA) is 116 Å². The van der Waals surface area contributed by atoms with E-state index in [2.05, 4.69) is 42.4 Å². The smallest absolute Gasteiger partial charge is 0.307 e. The molecule has 0 aliphatic carbocycles. The Morgan fingerprint density at radius 2 is 1.97 bits per heavy atom. The van der Waals surface area contributed by atoms with Gasteiger partial charge in [0.1, 0.15) is 12.2 Å². The van der Waals surface area contributed by atoms with Crippen molar-refractivity contribution in [2.75, 3.05) is 7.11 Å². The van der Waals surface area contributed by atoms with Crippen LogP contribution in [0.1, 0.15) is 21.7 Å². The van der Waals surface area contributed by atoms with Crippen molar-refractivity contribution in [3.05, 3.63) is 96.6 Å². The quantitative estimate of drug-likeness (QED) is 0.145. The maximum absolute atomic E-state index is 12.4. The lowest BCUT2D eigenvalue weighted by Gasteiger charge is -2.12. The third-order valence-electron chi connectivity index (χ3n) is 4.87. The molecule has 9 nitrogen and oxygen atoms in total. The van der Waals surface area contributed by atoms with Crippen molar-refractivity contribution in [1.29, 1.82) is 0 Å². The highest BCUT2D eigenvalue weighted by Crippen LogP contribution is 2.33. The van der Waals surface area contributed by atoms with E-state index < -0.39 is 10.8 Å². The van der Waals surface area contributed by atoms with E-state index in [0.717, 1.165) is 9.86 Å². The van der Waals surface area contributed by atoms with Crippen molar-refractivity contribution in [3.8, 4) is 11.5 Å². The zero-order valence-corrected chi connectivity index (χ0v) is 21.3. The highest BCUT2D eigenvalue weighted by atomic mass is 79.9. The van der Waals surface area contributed by atoms with Crippen LogP contribution in [0.25, 0.3) is 11.0 Å². The molecular weight excluding hydrogens is 586 g/mol. The summed E-state index contributed by atoms with van der Waals surface area (Å²) in [6, 6.07) is 16.7. The maximum Gasteiger partial charge on any atom is 0.307 e. The van der Waals surface area contributed by atoms with E-state index in [1.54, 1.807) is 36.4 Å². The van der Waals surface area contributed by atoms with Gasteiger partial charge in [-0.25, -0.2) is 5.43 Å². The number of furan rings is 1. The monoisotopic (exact) mass is 601 g/mol. The van der Waals surface area contributed by atoms with Crippen LogP contribution in [0.4, 0.5) is 5.69 Å². The first-order valence-electron chi connectivity index (χ1n) is 10.1. The summed E-state index contributed by atoms with van der Waals surface area (Å²) in [7, 11) is 1.49. The summed E-state index contributed by atoms with van der Waals surface area (Å²) < 4.78 is 18.3. The lowest BCUT2D eigenvalue weighted by atomic mass is 10.2. The lowest BCUT2D eigenvalue weighted by Crippen LogP contribution is -2.16. The van der Waals surface area contributed by atoms with E-state index in [1.165, 1.54) is 25.5 Å². The van der Waals surface area contributed by atoms with Crippen LogP contribution in [-0.2, 0) is 6.61 Å². The molecule has 1 N–H and O–H groups in total. The summed E-state index contributed by atoms with van der Waals surface area (Å²) in [5.74, 6) is 0.500. The molecule has 3 aromatic carbocycles. The predicted octanol–water partition coefficient (Wildman–Crippen LogP) is 6.22. The first-order valence-corrected chi connectivity index (χ1v) is 11.7. The second-order valence-corrected chi connectivity index (χ2v) is 9.00. The molecule has 0 spiro atoms. The van der Waals surface area contributed by atoms with Crippen LogP contribution in [0, 0.1) is 10.1 Å². The number of nitrogens with zero attached hydrogens (tertiary/aromatic N) is 2. The second kappa shape index (κ2) is 10.7. The van der Waals surface area contributed by atoms with Crippen molar-refractivity contribution in [3.63, 3.8) is 0 Å². The highest BCUT2D eigenvalue weighted by molar-refractivity contribution is 9.10. The van der Waals surface area contributed by atoms with E-state index in [-0.39, 0.29) is 18.1 Å². The van der Waals surface area contributed by atoms with Gasteiger partial charge >= 0.3 is 5.91 Å². The molecule has 4 aromatic rings. The molecule has 11 heteroatoms. The van der Waals surface area contributed by atoms with E-state index in [1.807, 2.05) is 12.1 Å². The Labute approximate surface area is 216 Å². The Kier molecular flexibility index (Phi) is 7.47. The Hall–Kier alpha value is -3.70. The lowest BCUT2D eigenvalue weighted by molar-refractivity contribution is -0.384. The molecule has 0 atom stereocenters. The summed E-state index contributed by atoms with van der Waals surface area (Å²) in [5, 5.41) is 15.8. The molecule has 0 aliphatic rings. The number of methoxy groups -OCH3 is 1. The number of nitro groups is 1. The van der Waals surface area contributed by atoms with Crippen LogP contribution < -0.4 is 14.9 Å². The zero-order chi connectivity index (χ0) is 24.9. The molecule has 0 radical (unpaired) electrons. The number of amides is 1. The minimum absolute atomic E-state index is 0.0108. The molecule has 1 aromatic heterocycles. The summed E-state index contributed by atoms with van der Waals surface area (Å²) in [4.78, 5) is 22.9. The molecule has 0 saturated carbocycles. The van der Waals surface area contributed by atoms with Gasteiger partial charge in [0, 0.05) is 32.0 Å². The number of nitro benzene ring substituents is 1. The SMILES string of the molecule is COc1cc(/C=N/NC(=O)c2cc3cc(Br)ccc3o2)c(Br)cc1OCc1cccc([N+](=O)[O-])c1. The molecule has 1 amide bonds. The Balaban J connectivity index is 1.44. The molecule has 0 bridgehead atoms. The summed E-state index contributed by atoms with van der Waals surface area (Å²) in [6.45, 7) is 0.113. The molecule has 0 aliphatic heterocycles. The van der Waals surface area contributed by atoms with Gasteiger partial charge in [0.05, 0.1) is 18.2 Å². The fourth-order valence-electron chi connectivity index (χ4n) is 3.18. The van der Waals surface area contributed by atoms with E-state index in [0.29, 0.717) is 32.7 Å². The normalized spacial score (nSPS) is 11.1. The van der Waals surface area contributed by atoms with Gasteiger partial charge in [-0.05, 0) is 57.9 Å². The van der Waals surface area contributed by atoms with Gasteiger partial charge in [-0.2, -0.15) is 5.10 Å². The molecule has 1 heterocycles. The number of halogens is 2. The first-order chi connectivity index (χ1) is 16.8. The number of hydrogen-bond acceptors (Lipinski definition) is 7. The van der Waals surface area contributed by atoms with Crippen LogP contribution in [0.15, 0.2) is 79.1 Å². The molecule has 35 heavy (non-hydrogen) atoms. The number of carbonyl (C=O) groups excluding carboxylic acids is 1. The van der Waals surface area contributed by atoms with Crippen molar-refractivity contribution < 1.29 is 23.6 Å². The average molecular weight is 603 g/mol. The van der Waals surface area contributed by atoms with Crippen LogP contribution in [0.3, 0.4) is 0 Å². The van der Waals surface area contributed by atoms with Gasteiger partial charge < -0.3 is 13.9 Å². The van der Waals surface area contributed by atoms with E-state index in [4.69, 9.17) is 13.9 Å². The van der Waals surface area contributed by atoms with Gasteiger partial charge in [0.25, 0.3) is 5.69 Å². The van der Waals surface area contributed by atoms with Crippen LogP contribution in [-0.4, -0.2) is 24.2 Å². The predicted molar refractivity (Wildman–Crippen MR) is 137 cm³/mol. The van der Waals surface area contributed by atoms with Crippen molar-refractivity contribution >= 4 is 60.6 Å². The maximum atomic E-state index is 12.4. The third-order valence-corrected chi connectivity index (χ3v) is 6.05. The van der Waals surface area contributed by atoms with Gasteiger partial charge in [0.15, 0.2) is 17.3 Å².